The number of ether oxygens (including phenoxy) is 2. The molecule has 0 saturated heterocycles. The summed E-state index contributed by atoms with van der Waals surface area (Å²) in [5.74, 6) is -0.625. The number of carbonyl (C=O) groups is 1. The summed E-state index contributed by atoms with van der Waals surface area (Å²) in [6, 6.07) is 7.68. The van der Waals surface area contributed by atoms with Crippen molar-refractivity contribution in [3.63, 3.8) is 0 Å². The quantitative estimate of drug-likeness (QED) is 0.257. The van der Waals surface area contributed by atoms with Crippen LogP contribution in [0.5, 0.6) is 5.75 Å². The molecule has 2 aromatic carbocycles. The summed E-state index contributed by atoms with van der Waals surface area (Å²) >= 11 is 0. The zero-order valence-electron chi connectivity index (χ0n) is 23.7. The van der Waals surface area contributed by atoms with E-state index in [1.165, 1.54) is 23.6 Å². The third-order valence-corrected chi connectivity index (χ3v) is 9.47. The van der Waals surface area contributed by atoms with Gasteiger partial charge in [0.15, 0.2) is 0 Å². The van der Waals surface area contributed by atoms with Crippen LogP contribution in [0.2, 0.25) is 0 Å². The summed E-state index contributed by atoms with van der Waals surface area (Å²) in [5, 5.41) is 9.78. The second-order valence-electron chi connectivity index (χ2n) is 12.3. The first-order valence-electron chi connectivity index (χ1n) is 15.0. The van der Waals surface area contributed by atoms with Gasteiger partial charge in [0, 0.05) is 17.6 Å². The number of methoxy groups -OCH3 is 1. The number of hydrogen-bond acceptors (Lipinski definition) is 4. The standard InChI is InChI=1S/C33H37F4NO4/c1-41-31-13-4-20(18-42-24-9-7-23(39)8-10-24)15-27(31)32(40)38(22-6-12-29(34)28(17-22)33(35,36)37)30-16-21-5-11-25(30)26(21)14-19-2-3-19/h4,6,12-15,17,19,21,23-25,30,39H,2-3,5,7-11,16,18H2,1H3/b26-14-/t21-,23?,24?,25-,30-/m1/s1. The van der Waals surface area contributed by atoms with Crippen LogP contribution in [0.4, 0.5) is 23.2 Å². The minimum absolute atomic E-state index is 0.0110. The molecular weight excluding hydrogens is 550 g/mol. The fraction of sp³-hybridized carbons (Fsp3) is 0.545. The van der Waals surface area contributed by atoms with Crippen molar-refractivity contribution in [3.05, 3.63) is 70.6 Å². The molecule has 9 heteroatoms. The van der Waals surface area contributed by atoms with Gasteiger partial charge in [-0.2, -0.15) is 13.2 Å². The highest BCUT2D eigenvalue weighted by Gasteiger charge is 2.49. The number of hydrogen-bond donors (Lipinski definition) is 1. The Labute approximate surface area is 243 Å². The van der Waals surface area contributed by atoms with Crippen LogP contribution in [0.3, 0.4) is 0 Å². The molecule has 4 saturated carbocycles. The molecule has 1 N–H and O–H groups in total. The second kappa shape index (κ2) is 11.6. The monoisotopic (exact) mass is 587 g/mol. The number of aliphatic hydroxyl groups excluding tert-OH is 1. The van der Waals surface area contributed by atoms with E-state index in [4.69, 9.17) is 9.47 Å². The van der Waals surface area contributed by atoms with Gasteiger partial charge in [0.05, 0.1) is 37.1 Å². The van der Waals surface area contributed by atoms with Gasteiger partial charge >= 0.3 is 6.18 Å². The van der Waals surface area contributed by atoms with Crippen LogP contribution in [0.25, 0.3) is 0 Å². The molecule has 4 fully saturated rings. The number of anilines is 1. The van der Waals surface area contributed by atoms with E-state index in [-0.39, 0.29) is 42.0 Å². The predicted octanol–water partition coefficient (Wildman–Crippen LogP) is 7.45. The number of halogens is 4. The fourth-order valence-corrected chi connectivity index (χ4v) is 7.13. The van der Waals surface area contributed by atoms with E-state index in [1.54, 1.807) is 12.1 Å². The molecule has 1 amide bonds. The van der Waals surface area contributed by atoms with Gasteiger partial charge in [-0.05, 0) is 106 Å². The van der Waals surface area contributed by atoms with Gasteiger partial charge in [-0.1, -0.05) is 17.7 Å². The Hall–Kier alpha value is -2.91. The molecule has 0 unspecified atom stereocenters. The largest absolute Gasteiger partial charge is 0.496 e. The number of carbonyl (C=O) groups excluding carboxylic acids is 1. The van der Waals surface area contributed by atoms with Gasteiger partial charge in [-0.25, -0.2) is 4.39 Å². The summed E-state index contributed by atoms with van der Waals surface area (Å²) in [4.78, 5) is 15.9. The number of rotatable bonds is 8. The number of allylic oxidation sites excluding steroid dienone is 1. The van der Waals surface area contributed by atoms with Crippen LogP contribution in [-0.2, 0) is 17.5 Å². The molecule has 4 aliphatic rings. The first kappa shape index (κ1) is 29.2. The number of fused-ring (bicyclic) bond motifs is 2. The summed E-state index contributed by atoms with van der Waals surface area (Å²) in [6.45, 7) is 0.252. The van der Waals surface area contributed by atoms with Crippen molar-refractivity contribution < 1.29 is 36.9 Å². The molecule has 0 aliphatic heterocycles. The Kier molecular flexibility index (Phi) is 8.09. The maximum absolute atomic E-state index is 14.5. The van der Waals surface area contributed by atoms with Crippen LogP contribution < -0.4 is 9.64 Å². The molecule has 0 radical (unpaired) electrons. The van der Waals surface area contributed by atoms with Gasteiger partial charge < -0.3 is 19.5 Å². The molecule has 3 atom stereocenters. The van der Waals surface area contributed by atoms with Crippen molar-refractivity contribution >= 4 is 11.6 Å². The minimum Gasteiger partial charge on any atom is -0.496 e. The number of aliphatic hydroxyl groups is 1. The molecule has 42 heavy (non-hydrogen) atoms. The highest BCUT2D eigenvalue weighted by molar-refractivity contribution is 6.08. The van der Waals surface area contributed by atoms with Crippen LogP contribution in [0.15, 0.2) is 48.0 Å². The van der Waals surface area contributed by atoms with E-state index in [0.717, 1.165) is 56.2 Å². The van der Waals surface area contributed by atoms with Gasteiger partial charge in [-0.15, -0.1) is 0 Å². The van der Waals surface area contributed by atoms with E-state index in [1.807, 2.05) is 6.07 Å². The molecular formula is C33H37F4NO4. The van der Waals surface area contributed by atoms with Gasteiger partial charge in [0.25, 0.3) is 5.91 Å². The molecule has 2 bridgehead atoms. The molecule has 0 spiro atoms. The number of nitrogens with zero attached hydrogens (tertiary/aromatic N) is 1. The maximum Gasteiger partial charge on any atom is 0.419 e. The van der Waals surface area contributed by atoms with E-state index in [9.17, 15) is 27.5 Å². The number of amides is 1. The summed E-state index contributed by atoms with van der Waals surface area (Å²) in [7, 11) is 1.45. The Balaban J connectivity index is 1.35. The first-order chi connectivity index (χ1) is 20.1. The molecule has 226 valence electrons. The summed E-state index contributed by atoms with van der Waals surface area (Å²) in [5.41, 5.74) is 0.932. The fourth-order valence-electron chi connectivity index (χ4n) is 7.13. The van der Waals surface area contributed by atoms with Gasteiger partial charge in [0.2, 0.25) is 0 Å². The van der Waals surface area contributed by atoms with Crippen molar-refractivity contribution in [1.82, 2.24) is 0 Å². The lowest BCUT2D eigenvalue weighted by Crippen LogP contribution is -2.44. The van der Waals surface area contributed by atoms with Crippen LogP contribution in [0.1, 0.15) is 79.3 Å². The molecule has 0 heterocycles. The average Bonchev–Trinajstić information content (AvgIpc) is 3.64. The van der Waals surface area contributed by atoms with Gasteiger partial charge in [0.1, 0.15) is 11.6 Å². The summed E-state index contributed by atoms with van der Waals surface area (Å²) < 4.78 is 67.3. The smallest absolute Gasteiger partial charge is 0.419 e. The maximum atomic E-state index is 14.5. The van der Waals surface area contributed by atoms with E-state index < -0.39 is 23.5 Å². The van der Waals surface area contributed by atoms with Crippen molar-refractivity contribution in [2.24, 2.45) is 17.8 Å². The van der Waals surface area contributed by atoms with E-state index >= 15 is 0 Å². The number of alkyl halides is 3. The van der Waals surface area contributed by atoms with Crippen molar-refractivity contribution in [2.45, 2.75) is 88.8 Å². The highest BCUT2D eigenvalue weighted by Crippen LogP contribution is 2.53. The lowest BCUT2D eigenvalue weighted by Gasteiger charge is -2.35. The highest BCUT2D eigenvalue weighted by atomic mass is 19.4. The normalized spacial score (nSPS) is 28.3. The van der Waals surface area contributed by atoms with Gasteiger partial charge in [-0.3, -0.25) is 4.79 Å². The van der Waals surface area contributed by atoms with Crippen molar-refractivity contribution in [2.75, 3.05) is 12.0 Å². The van der Waals surface area contributed by atoms with E-state index in [2.05, 4.69) is 6.08 Å². The molecule has 0 aromatic heterocycles. The average molecular weight is 588 g/mol. The molecule has 4 aliphatic carbocycles. The zero-order valence-corrected chi connectivity index (χ0v) is 23.7. The van der Waals surface area contributed by atoms with Crippen molar-refractivity contribution in [1.29, 1.82) is 0 Å². The Bertz CT molecular complexity index is 1350. The predicted molar refractivity (Wildman–Crippen MR) is 150 cm³/mol. The summed E-state index contributed by atoms with van der Waals surface area (Å²) in [6.07, 6.45) is 4.86. The SMILES string of the molecule is COc1ccc(COC2CCC(O)CC2)cc1C(=O)N(c1ccc(F)c(C(F)(F)F)c1)[C@@H]1C[C@H]2CC[C@@H]1/C2=C\C1CC1. The zero-order chi connectivity index (χ0) is 29.6. The first-order valence-corrected chi connectivity index (χ1v) is 15.0. The Morgan fingerprint density at radius 1 is 1.02 bits per heavy atom. The lowest BCUT2D eigenvalue weighted by molar-refractivity contribution is -0.139. The molecule has 6 rings (SSSR count). The van der Waals surface area contributed by atoms with Crippen LogP contribution in [0, 0.1) is 23.6 Å². The third kappa shape index (κ3) is 5.95. The molecule has 5 nitrogen and oxygen atoms in total. The third-order valence-electron chi connectivity index (χ3n) is 9.47. The second-order valence-corrected chi connectivity index (χ2v) is 12.3. The van der Waals surface area contributed by atoms with Crippen LogP contribution >= 0.6 is 0 Å². The Morgan fingerprint density at radius 2 is 1.79 bits per heavy atom. The Morgan fingerprint density at radius 3 is 2.48 bits per heavy atom. The van der Waals surface area contributed by atoms with E-state index in [0.29, 0.717) is 36.8 Å². The van der Waals surface area contributed by atoms with Crippen LogP contribution in [-0.4, -0.2) is 36.4 Å². The minimum atomic E-state index is -4.90. The molecule has 2 aromatic rings. The number of benzene rings is 2. The lowest BCUT2D eigenvalue weighted by atomic mass is 9.92. The topological polar surface area (TPSA) is 59.0 Å². The van der Waals surface area contributed by atoms with Crippen molar-refractivity contribution in [3.8, 4) is 5.75 Å².